The second-order valence-electron chi connectivity index (χ2n) is 4.10. The Balaban J connectivity index is 2.13. The molecule has 0 saturated carbocycles. The lowest BCUT2D eigenvalue weighted by molar-refractivity contribution is 0.121. The molecule has 2 heterocycles. The van der Waals surface area contributed by atoms with Gasteiger partial charge in [0.1, 0.15) is 0 Å². The van der Waals surface area contributed by atoms with E-state index in [-0.39, 0.29) is 17.4 Å². The van der Waals surface area contributed by atoms with Crippen molar-refractivity contribution in [2.24, 2.45) is 5.92 Å². The lowest BCUT2D eigenvalue weighted by Crippen LogP contribution is -2.13. The van der Waals surface area contributed by atoms with Crippen LogP contribution >= 0.6 is 11.3 Å². The lowest BCUT2D eigenvalue weighted by Gasteiger charge is -2.14. The standard InChI is InChI=1S/C10H14O3S2/c1-7-4-9(5-14-7)10(11)8-2-3-15(12,13)6-8/h4-5,8,10-11H,2-3,6H2,1H3. The largest absolute Gasteiger partial charge is 0.388 e. The molecule has 1 N–H and O–H groups in total. The number of aliphatic hydroxyl groups excluding tert-OH is 1. The van der Waals surface area contributed by atoms with Gasteiger partial charge in [-0.2, -0.15) is 0 Å². The van der Waals surface area contributed by atoms with Gasteiger partial charge in [0.15, 0.2) is 9.84 Å². The van der Waals surface area contributed by atoms with Gasteiger partial charge < -0.3 is 5.11 Å². The molecule has 84 valence electrons. The first-order chi connectivity index (χ1) is 6.98. The van der Waals surface area contributed by atoms with Crippen LogP contribution in [-0.4, -0.2) is 25.0 Å². The van der Waals surface area contributed by atoms with Gasteiger partial charge in [0.25, 0.3) is 0 Å². The summed E-state index contributed by atoms with van der Waals surface area (Å²) >= 11 is 1.58. The molecule has 2 unspecified atom stereocenters. The zero-order valence-corrected chi connectivity index (χ0v) is 10.1. The number of hydrogen-bond donors (Lipinski definition) is 1. The molecule has 1 aliphatic heterocycles. The van der Waals surface area contributed by atoms with Crippen molar-refractivity contribution in [1.29, 1.82) is 0 Å². The molecule has 1 aliphatic rings. The van der Waals surface area contributed by atoms with E-state index in [4.69, 9.17) is 0 Å². The summed E-state index contributed by atoms with van der Waals surface area (Å²) in [5, 5.41) is 11.9. The van der Waals surface area contributed by atoms with Crippen LogP contribution in [0.25, 0.3) is 0 Å². The van der Waals surface area contributed by atoms with Gasteiger partial charge in [-0.15, -0.1) is 11.3 Å². The molecule has 1 aromatic heterocycles. The minimum atomic E-state index is -2.90. The Hall–Kier alpha value is -0.390. The van der Waals surface area contributed by atoms with Gasteiger partial charge in [-0.05, 0) is 30.4 Å². The van der Waals surface area contributed by atoms with Gasteiger partial charge in [0, 0.05) is 10.8 Å². The van der Waals surface area contributed by atoms with Gasteiger partial charge in [0.05, 0.1) is 17.6 Å². The molecular weight excluding hydrogens is 232 g/mol. The van der Waals surface area contributed by atoms with Crippen molar-refractivity contribution in [2.75, 3.05) is 11.5 Å². The number of thiophene rings is 1. The quantitative estimate of drug-likeness (QED) is 0.861. The topological polar surface area (TPSA) is 54.4 Å². The third-order valence-electron chi connectivity index (χ3n) is 2.81. The fraction of sp³-hybridized carbons (Fsp3) is 0.600. The van der Waals surface area contributed by atoms with Crippen LogP contribution in [0.3, 0.4) is 0 Å². The molecule has 0 radical (unpaired) electrons. The zero-order valence-electron chi connectivity index (χ0n) is 8.51. The van der Waals surface area contributed by atoms with Crippen LogP contribution in [0.2, 0.25) is 0 Å². The van der Waals surface area contributed by atoms with Crippen LogP contribution in [0.5, 0.6) is 0 Å². The highest BCUT2D eigenvalue weighted by molar-refractivity contribution is 7.91. The average molecular weight is 246 g/mol. The van der Waals surface area contributed by atoms with Gasteiger partial charge >= 0.3 is 0 Å². The van der Waals surface area contributed by atoms with E-state index >= 15 is 0 Å². The molecule has 2 rings (SSSR count). The molecule has 0 bridgehead atoms. The Labute approximate surface area is 93.7 Å². The monoisotopic (exact) mass is 246 g/mol. The van der Waals surface area contributed by atoms with Crippen LogP contribution in [0.4, 0.5) is 0 Å². The molecular formula is C10H14O3S2. The number of sulfone groups is 1. The van der Waals surface area contributed by atoms with Crippen LogP contribution in [0.1, 0.15) is 23.0 Å². The second-order valence-corrected chi connectivity index (χ2v) is 7.44. The van der Waals surface area contributed by atoms with Crippen molar-refractivity contribution >= 4 is 21.2 Å². The van der Waals surface area contributed by atoms with Crippen LogP contribution in [0, 0.1) is 12.8 Å². The predicted octanol–water partition coefficient (Wildman–Crippen LogP) is 1.52. The molecule has 2 atom stereocenters. The van der Waals surface area contributed by atoms with E-state index in [1.165, 1.54) is 0 Å². The van der Waals surface area contributed by atoms with Crippen molar-refractivity contribution in [3.63, 3.8) is 0 Å². The lowest BCUT2D eigenvalue weighted by atomic mass is 9.97. The molecule has 5 heteroatoms. The minimum absolute atomic E-state index is 0.121. The summed E-state index contributed by atoms with van der Waals surface area (Å²) in [5.41, 5.74) is 0.861. The fourth-order valence-corrected chi connectivity index (χ4v) is 4.53. The van der Waals surface area contributed by atoms with Crippen LogP contribution in [-0.2, 0) is 9.84 Å². The summed E-state index contributed by atoms with van der Waals surface area (Å²) in [7, 11) is -2.90. The summed E-state index contributed by atoms with van der Waals surface area (Å²) in [4.78, 5) is 1.14. The van der Waals surface area contributed by atoms with Gasteiger partial charge in [-0.3, -0.25) is 0 Å². The highest BCUT2D eigenvalue weighted by Crippen LogP contribution is 2.33. The maximum Gasteiger partial charge on any atom is 0.150 e. The highest BCUT2D eigenvalue weighted by Gasteiger charge is 2.33. The number of aryl methyl sites for hydroxylation is 1. The third-order valence-corrected chi connectivity index (χ3v) is 5.48. The van der Waals surface area contributed by atoms with Crippen molar-refractivity contribution in [1.82, 2.24) is 0 Å². The van der Waals surface area contributed by atoms with Gasteiger partial charge in [0.2, 0.25) is 0 Å². The molecule has 0 amide bonds. The van der Waals surface area contributed by atoms with E-state index in [1.807, 2.05) is 18.4 Å². The second kappa shape index (κ2) is 3.88. The maximum atomic E-state index is 11.3. The van der Waals surface area contributed by atoms with E-state index in [9.17, 15) is 13.5 Å². The first kappa shape index (κ1) is 11.1. The summed E-state index contributed by atoms with van der Waals surface area (Å²) < 4.78 is 22.5. The summed E-state index contributed by atoms with van der Waals surface area (Å²) in [6, 6.07) is 1.93. The zero-order chi connectivity index (χ0) is 11.1. The average Bonchev–Trinajstić information content (AvgIpc) is 2.71. The Morgan fingerprint density at radius 3 is 2.80 bits per heavy atom. The van der Waals surface area contributed by atoms with Crippen molar-refractivity contribution in [3.8, 4) is 0 Å². The smallest absolute Gasteiger partial charge is 0.150 e. The first-order valence-corrected chi connectivity index (χ1v) is 7.61. The maximum absolute atomic E-state index is 11.3. The molecule has 1 fully saturated rings. The number of hydrogen-bond acceptors (Lipinski definition) is 4. The highest BCUT2D eigenvalue weighted by atomic mass is 32.2. The summed E-state index contributed by atoms with van der Waals surface area (Å²) in [5.74, 6) is 0.227. The van der Waals surface area contributed by atoms with E-state index < -0.39 is 15.9 Å². The van der Waals surface area contributed by atoms with Crippen molar-refractivity contribution < 1.29 is 13.5 Å². The molecule has 0 aliphatic carbocycles. The fourth-order valence-electron chi connectivity index (χ4n) is 1.96. The SMILES string of the molecule is Cc1cc(C(O)C2CCS(=O)(=O)C2)cs1. The molecule has 15 heavy (non-hydrogen) atoms. The van der Waals surface area contributed by atoms with Crippen molar-refractivity contribution in [3.05, 3.63) is 21.9 Å². The van der Waals surface area contributed by atoms with E-state index in [0.717, 1.165) is 10.4 Å². The van der Waals surface area contributed by atoms with E-state index in [1.54, 1.807) is 11.3 Å². The number of rotatable bonds is 2. The third kappa shape index (κ3) is 2.41. The predicted molar refractivity (Wildman–Crippen MR) is 60.8 cm³/mol. The van der Waals surface area contributed by atoms with Gasteiger partial charge in [-0.25, -0.2) is 8.42 Å². The number of aliphatic hydroxyl groups is 1. The van der Waals surface area contributed by atoms with E-state index in [2.05, 4.69) is 0 Å². The normalized spacial score (nSPS) is 26.7. The Bertz CT molecular complexity index is 447. The summed E-state index contributed by atoms with van der Waals surface area (Å²) in [6.07, 6.45) is -0.0366. The Morgan fingerprint density at radius 1 is 1.60 bits per heavy atom. The molecule has 1 saturated heterocycles. The van der Waals surface area contributed by atoms with Crippen LogP contribution in [0.15, 0.2) is 11.4 Å². The Morgan fingerprint density at radius 2 is 2.33 bits per heavy atom. The molecule has 3 nitrogen and oxygen atoms in total. The van der Waals surface area contributed by atoms with Crippen molar-refractivity contribution in [2.45, 2.75) is 19.4 Å². The molecule has 1 aromatic rings. The van der Waals surface area contributed by atoms with E-state index in [0.29, 0.717) is 6.42 Å². The molecule has 0 spiro atoms. The van der Waals surface area contributed by atoms with Gasteiger partial charge in [-0.1, -0.05) is 0 Å². The molecule has 0 aromatic carbocycles. The first-order valence-electron chi connectivity index (χ1n) is 4.91. The minimum Gasteiger partial charge on any atom is -0.388 e. The van der Waals surface area contributed by atoms with Crippen LogP contribution < -0.4 is 0 Å². The summed E-state index contributed by atoms with van der Waals surface area (Å²) in [6.45, 7) is 1.98. The Kier molecular flexibility index (Phi) is 2.87.